The van der Waals surface area contributed by atoms with Crippen LogP contribution >= 0.6 is 0 Å². The van der Waals surface area contributed by atoms with Gasteiger partial charge in [0.15, 0.2) is 0 Å². The van der Waals surface area contributed by atoms with Gasteiger partial charge in [-0.15, -0.1) is 0 Å². The Morgan fingerprint density at radius 2 is 2.19 bits per heavy atom. The molecule has 1 aromatic rings. The Morgan fingerprint density at radius 3 is 2.75 bits per heavy atom. The summed E-state index contributed by atoms with van der Waals surface area (Å²) in [5.41, 5.74) is 1.66. The van der Waals surface area contributed by atoms with Gasteiger partial charge in [0.2, 0.25) is 0 Å². The number of nitrogens with zero attached hydrogens (tertiary/aromatic N) is 1. The van der Waals surface area contributed by atoms with Crippen LogP contribution < -0.4 is 0 Å². The first-order chi connectivity index (χ1) is 7.59. The molecule has 1 heterocycles. The second-order valence-electron chi connectivity index (χ2n) is 4.76. The maximum absolute atomic E-state index is 9.77. The Kier molecular flexibility index (Phi) is 2.91. The van der Waals surface area contributed by atoms with Gasteiger partial charge in [-0.25, -0.2) is 0 Å². The van der Waals surface area contributed by atoms with Crippen molar-refractivity contribution < 1.29 is 10.2 Å². The molecule has 88 valence electrons. The van der Waals surface area contributed by atoms with Crippen molar-refractivity contribution >= 4 is 0 Å². The molecule has 0 saturated carbocycles. The van der Waals surface area contributed by atoms with Crippen molar-refractivity contribution in [3.63, 3.8) is 0 Å². The maximum Gasteiger partial charge on any atom is 0.121 e. The lowest BCUT2D eigenvalue weighted by molar-refractivity contribution is 0.189. The summed E-state index contributed by atoms with van der Waals surface area (Å²) in [5, 5.41) is 19.2. The van der Waals surface area contributed by atoms with Gasteiger partial charge in [-0.05, 0) is 45.0 Å². The van der Waals surface area contributed by atoms with Gasteiger partial charge >= 0.3 is 0 Å². The van der Waals surface area contributed by atoms with Crippen molar-refractivity contribution in [2.45, 2.75) is 31.9 Å². The van der Waals surface area contributed by atoms with E-state index >= 15 is 0 Å². The van der Waals surface area contributed by atoms with E-state index in [9.17, 15) is 10.2 Å². The molecule has 1 aliphatic rings. The zero-order chi connectivity index (χ0) is 11.8. The van der Waals surface area contributed by atoms with E-state index in [4.69, 9.17) is 0 Å². The van der Waals surface area contributed by atoms with E-state index in [1.807, 2.05) is 12.1 Å². The van der Waals surface area contributed by atoms with Gasteiger partial charge in [-0.1, -0.05) is 12.1 Å². The molecule has 1 saturated heterocycles. The third kappa shape index (κ3) is 1.60. The van der Waals surface area contributed by atoms with Gasteiger partial charge in [0.05, 0.1) is 6.61 Å². The lowest BCUT2D eigenvalue weighted by Gasteiger charge is -2.34. The van der Waals surface area contributed by atoms with Gasteiger partial charge in [0.25, 0.3) is 0 Å². The molecule has 3 heteroatoms. The molecule has 0 aromatic heterocycles. The minimum absolute atomic E-state index is 0.0587. The number of aliphatic hydroxyl groups excluding tert-OH is 1. The van der Waals surface area contributed by atoms with Gasteiger partial charge in [-0.2, -0.15) is 0 Å². The van der Waals surface area contributed by atoms with Crippen molar-refractivity contribution in [2.24, 2.45) is 0 Å². The van der Waals surface area contributed by atoms with Crippen molar-refractivity contribution in [1.29, 1.82) is 0 Å². The first-order valence-corrected chi connectivity index (χ1v) is 5.73. The van der Waals surface area contributed by atoms with Gasteiger partial charge < -0.3 is 10.2 Å². The number of aromatic hydroxyl groups is 1. The van der Waals surface area contributed by atoms with E-state index in [0.717, 1.165) is 24.9 Å². The number of phenols is 1. The van der Waals surface area contributed by atoms with E-state index in [1.54, 1.807) is 6.07 Å². The van der Waals surface area contributed by atoms with Crippen LogP contribution in [0.3, 0.4) is 0 Å². The topological polar surface area (TPSA) is 43.7 Å². The average molecular weight is 221 g/mol. The zero-order valence-electron chi connectivity index (χ0n) is 9.90. The molecule has 0 aliphatic carbocycles. The second-order valence-corrected chi connectivity index (χ2v) is 4.76. The average Bonchev–Trinajstić information content (AvgIpc) is 2.60. The zero-order valence-corrected chi connectivity index (χ0v) is 9.90. The highest BCUT2D eigenvalue weighted by molar-refractivity contribution is 5.43. The minimum Gasteiger partial charge on any atom is -0.508 e. The molecular formula is C13H19NO2. The summed E-state index contributed by atoms with van der Waals surface area (Å²) in [6, 6.07) is 5.49. The predicted molar refractivity (Wildman–Crippen MR) is 63.2 cm³/mol. The monoisotopic (exact) mass is 221 g/mol. The normalized spacial score (nSPS) is 26.2. The van der Waals surface area contributed by atoms with Crippen molar-refractivity contribution in [3.8, 4) is 5.75 Å². The molecule has 16 heavy (non-hydrogen) atoms. The number of aliphatic hydroxyl groups is 1. The summed E-state index contributed by atoms with van der Waals surface area (Å²) in [4.78, 5) is 2.29. The molecule has 0 spiro atoms. The molecule has 0 radical (unpaired) electrons. The van der Waals surface area contributed by atoms with Crippen LogP contribution in [0.15, 0.2) is 18.2 Å². The number of hydrogen-bond acceptors (Lipinski definition) is 3. The number of likely N-dealkylation sites (tertiary alicyclic amines) is 1. The van der Waals surface area contributed by atoms with Crippen LogP contribution in [0.25, 0.3) is 0 Å². The van der Waals surface area contributed by atoms with Crippen LogP contribution in [0.4, 0.5) is 0 Å². The smallest absolute Gasteiger partial charge is 0.121 e. The van der Waals surface area contributed by atoms with E-state index in [0.29, 0.717) is 5.56 Å². The number of rotatable bonds is 2. The van der Waals surface area contributed by atoms with E-state index in [1.165, 1.54) is 0 Å². The van der Waals surface area contributed by atoms with Crippen LogP contribution in [0, 0.1) is 0 Å². The van der Waals surface area contributed by atoms with Gasteiger partial charge in [0.1, 0.15) is 5.75 Å². The summed E-state index contributed by atoms with van der Waals surface area (Å²) >= 11 is 0. The molecule has 0 amide bonds. The molecular weight excluding hydrogens is 202 g/mol. The highest BCUT2D eigenvalue weighted by Crippen LogP contribution is 2.40. The predicted octanol–water partition coefficient (Wildman–Crippen LogP) is 1.83. The van der Waals surface area contributed by atoms with Crippen molar-refractivity contribution in [2.75, 3.05) is 13.6 Å². The van der Waals surface area contributed by atoms with Crippen molar-refractivity contribution in [3.05, 3.63) is 29.3 Å². The fourth-order valence-electron chi connectivity index (χ4n) is 2.68. The van der Waals surface area contributed by atoms with Crippen LogP contribution in [-0.2, 0) is 12.1 Å². The lowest BCUT2D eigenvalue weighted by Crippen LogP contribution is -2.36. The Balaban J connectivity index is 2.51. The Labute approximate surface area is 96.3 Å². The molecule has 2 rings (SSSR count). The molecule has 1 fully saturated rings. The second kappa shape index (κ2) is 4.07. The Morgan fingerprint density at radius 1 is 1.44 bits per heavy atom. The fraction of sp³-hybridized carbons (Fsp3) is 0.538. The quantitative estimate of drug-likeness (QED) is 0.800. The molecule has 1 aliphatic heterocycles. The number of hydrogen-bond donors (Lipinski definition) is 2. The number of benzene rings is 1. The molecule has 1 atom stereocenters. The summed E-state index contributed by atoms with van der Waals surface area (Å²) in [6.45, 7) is 3.14. The largest absolute Gasteiger partial charge is 0.508 e. The highest BCUT2D eigenvalue weighted by Gasteiger charge is 2.37. The molecule has 2 N–H and O–H groups in total. The van der Waals surface area contributed by atoms with E-state index in [-0.39, 0.29) is 17.9 Å². The Hall–Kier alpha value is -1.06. The van der Waals surface area contributed by atoms with Crippen LogP contribution in [0.2, 0.25) is 0 Å². The first-order valence-electron chi connectivity index (χ1n) is 5.73. The fourth-order valence-corrected chi connectivity index (χ4v) is 2.68. The van der Waals surface area contributed by atoms with Gasteiger partial charge in [-0.3, -0.25) is 4.90 Å². The third-order valence-electron chi connectivity index (χ3n) is 3.89. The molecule has 0 bridgehead atoms. The summed E-state index contributed by atoms with van der Waals surface area (Å²) < 4.78 is 0. The van der Waals surface area contributed by atoms with Crippen molar-refractivity contribution in [1.82, 2.24) is 4.90 Å². The first kappa shape index (κ1) is 11.4. The van der Waals surface area contributed by atoms with Crippen LogP contribution in [-0.4, -0.2) is 28.7 Å². The molecule has 3 nitrogen and oxygen atoms in total. The van der Waals surface area contributed by atoms with Gasteiger partial charge in [0, 0.05) is 11.1 Å². The van der Waals surface area contributed by atoms with E-state index < -0.39 is 0 Å². The summed E-state index contributed by atoms with van der Waals surface area (Å²) in [7, 11) is 2.10. The van der Waals surface area contributed by atoms with E-state index in [2.05, 4.69) is 18.9 Å². The standard InChI is InChI=1S/C13H19NO2/c1-13(7-4-8-14(13)2)11-5-3-6-12(16)10(11)9-15/h3,5-6,15-16H,4,7-9H2,1-2H3. The summed E-state index contributed by atoms with van der Waals surface area (Å²) in [6.07, 6.45) is 2.23. The summed E-state index contributed by atoms with van der Waals surface area (Å²) in [5.74, 6) is 0.196. The molecule has 1 unspecified atom stereocenters. The molecule has 1 aromatic carbocycles. The lowest BCUT2D eigenvalue weighted by atomic mass is 9.86. The maximum atomic E-state index is 9.77. The minimum atomic E-state index is -0.106. The third-order valence-corrected chi connectivity index (χ3v) is 3.89. The highest BCUT2D eigenvalue weighted by atomic mass is 16.3. The SMILES string of the molecule is CN1CCCC1(C)c1cccc(O)c1CO. The Bertz CT molecular complexity index is 392. The van der Waals surface area contributed by atoms with Crippen LogP contribution in [0.5, 0.6) is 5.75 Å². The van der Waals surface area contributed by atoms with Crippen LogP contribution in [0.1, 0.15) is 30.9 Å².